The highest BCUT2D eigenvalue weighted by Crippen LogP contribution is 2.25. The molecule has 1 unspecified atom stereocenters. The van der Waals surface area contributed by atoms with Gasteiger partial charge < -0.3 is 14.6 Å². The maximum Gasteiger partial charge on any atom is 0.347 e. The lowest BCUT2D eigenvalue weighted by Gasteiger charge is -2.12. The molecule has 5 nitrogen and oxygen atoms in total. The number of carbonyl (C=O) groups is 2. The van der Waals surface area contributed by atoms with Crippen molar-refractivity contribution in [3.05, 3.63) is 28.8 Å². The van der Waals surface area contributed by atoms with Crippen LogP contribution in [0.1, 0.15) is 16.8 Å². The zero-order valence-electron chi connectivity index (χ0n) is 8.68. The fourth-order valence-electron chi connectivity index (χ4n) is 1.51. The maximum atomic E-state index is 11.2. The first-order valence-electron chi connectivity index (χ1n) is 4.94. The molecule has 1 heterocycles. The summed E-state index contributed by atoms with van der Waals surface area (Å²) >= 11 is 5.70. The Labute approximate surface area is 102 Å². The SMILES string of the molecule is O=C(O)c1cc(Cl)ccc1OC1CCOC1=O. The molecule has 0 aromatic heterocycles. The minimum Gasteiger partial charge on any atom is -0.478 e. The normalized spacial score (nSPS) is 18.9. The summed E-state index contributed by atoms with van der Waals surface area (Å²) in [5.74, 6) is -1.52. The number of cyclic esters (lactones) is 1. The molecule has 0 amide bonds. The monoisotopic (exact) mass is 256 g/mol. The Morgan fingerprint density at radius 1 is 1.53 bits per heavy atom. The van der Waals surface area contributed by atoms with Crippen LogP contribution in [0.5, 0.6) is 5.75 Å². The first kappa shape index (κ1) is 11.7. The van der Waals surface area contributed by atoms with E-state index in [1.165, 1.54) is 18.2 Å². The van der Waals surface area contributed by atoms with E-state index in [0.717, 1.165) is 0 Å². The van der Waals surface area contributed by atoms with Crippen LogP contribution in [0.4, 0.5) is 0 Å². The predicted molar refractivity (Wildman–Crippen MR) is 58.4 cm³/mol. The van der Waals surface area contributed by atoms with Crippen LogP contribution in [-0.2, 0) is 9.53 Å². The number of aromatic carboxylic acids is 1. The standard InChI is InChI=1S/C11H9ClO5/c12-6-1-2-8(7(5-6)10(13)14)17-9-3-4-16-11(9)15/h1-2,5,9H,3-4H2,(H,13,14). The van der Waals surface area contributed by atoms with Crippen molar-refractivity contribution in [1.82, 2.24) is 0 Å². The first-order valence-corrected chi connectivity index (χ1v) is 5.32. The summed E-state index contributed by atoms with van der Waals surface area (Å²) in [7, 11) is 0. The summed E-state index contributed by atoms with van der Waals surface area (Å²) in [5.41, 5.74) is -0.0720. The molecule has 17 heavy (non-hydrogen) atoms. The molecule has 1 fully saturated rings. The van der Waals surface area contributed by atoms with Crippen LogP contribution in [0.3, 0.4) is 0 Å². The zero-order chi connectivity index (χ0) is 12.4. The Hall–Kier alpha value is -1.75. The van der Waals surface area contributed by atoms with Crippen molar-refractivity contribution < 1.29 is 24.2 Å². The number of ether oxygens (including phenoxy) is 2. The molecule has 1 aromatic rings. The first-order chi connectivity index (χ1) is 8.08. The smallest absolute Gasteiger partial charge is 0.347 e. The van der Waals surface area contributed by atoms with Crippen LogP contribution >= 0.6 is 11.6 Å². The van der Waals surface area contributed by atoms with E-state index in [9.17, 15) is 9.59 Å². The highest BCUT2D eigenvalue weighted by atomic mass is 35.5. The molecule has 0 bridgehead atoms. The lowest BCUT2D eigenvalue weighted by molar-refractivity contribution is -0.143. The molecule has 2 rings (SSSR count). The molecular formula is C11H9ClO5. The van der Waals surface area contributed by atoms with Crippen LogP contribution in [0.2, 0.25) is 5.02 Å². The number of carboxylic acids is 1. The molecule has 0 radical (unpaired) electrons. The van der Waals surface area contributed by atoms with E-state index in [4.69, 9.17) is 26.2 Å². The summed E-state index contributed by atoms with van der Waals surface area (Å²) in [6.07, 6.45) is -0.324. The Morgan fingerprint density at radius 3 is 2.88 bits per heavy atom. The van der Waals surface area contributed by atoms with Crippen LogP contribution < -0.4 is 4.74 Å². The van der Waals surface area contributed by atoms with Crippen molar-refractivity contribution in [2.24, 2.45) is 0 Å². The molecule has 1 N–H and O–H groups in total. The molecular weight excluding hydrogens is 248 g/mol. The largest absolute Gasteiger partial charge is 0.478 e. The van der Waals surface area contributed by atoms with Crippen LogP contribution in [0.25, 0.3) is 0 Å². The second-order valence-corrected chi connectivity index (χ2v) is 3.94. The lowest BCUT2D eigenvalue weighted by atomic mass is 10.2. The number of benzene rings is 1. The van der Waals surface area contributed by atoms with E-state index in [-0.39, 0.29) is 11.3 Å². The highest BCUT2D eigenvalue weighted by molar-refractivity contribution is 6.31. The van der Waals surface area contributed by atoms with Gasteiger partial charge in [-0.05, 0) is 18.2 Å². The summed E-state index contributed by atoms with van der Waals surface area (Å²) < 4.78 is 10.0. The van der Waals surface area contributed by atoms with Gasteiger partial charge in [0, 0.05) is 11.4 Å². The summed E-state index contributed by atoms with van der Waals surface area (Å²) in [6.45, 7) is 0.291. The van der Waals surface area contributed by atoms with Gasteiger partial charge in [-0.15, -0.1) is 0 Å². The number of carbonyl (C=O) groups excluding carboxylic acids is 1. The molecule has 0 aliphatic carbocycles. The van der Waals surface area contributed by atoms with Crippen molar-refractivity contribution in [1.29, 1.82) is 0 Å². The van der Waals surface area contributed by atoms with Crippen molar-refractivity contribution >= 4 is 23.5 Å². The number of esters is 1. The summed E-state index contributed by atoms with van der Waals surface area (Å²) in [4.78, 5) is 22.2. The van der Waals surface area contributed by atoms with E-state index >= 15 is 0 Å². The molecule has 1 aliphatic rings. The van der Waals surface area contributed by atoms with E-state index in [1.807, 2.05) is 0 Å². The predicted octanol–water partition coefficient (Wildman–Crippen LogP) is 1.73. The van der Waals surface area contributed by atoms with Gasteiger partial charge in [-0.3, -0.25) is 0 Å². The highest BCUT2D eigenvalue weighted by Gasteiger charge is 2.29. The average molecular weight is 257 g/mol. The summed E-state index contributed by atoms with van der Waals surface area (Å²) in [6, 6.07) is 4.21. The second-order valence-electron chi connectivity index (χ2n) is 3.51. The van der Waals surface area contributed by atoms with E-state index in [1.54, 1.807) is 0 Å². The lowest BCUT2D eigenvalue weighted by Crippen LogP contribution is -2.22. The topological polar surface area (TPSA) is 72.8 Å². The number of carboxylic acid groups (broad SMARTS) is 1. The molecule has 90 valence electrons. The Morgan fingerprint density at radius 2 is 2.29 bits per heavy atom. The number of halogens is 1. The molecule has 0 saturated carbocycles. The minimum absolute atomic E-state index is 0.0720. The molecule has 1 atom stereocenters. The number of rotatable bonds is 3. The minimum atomic E-state index is -1.16. The third-order valence-corrected chi connectivity index (χ3v) is 2.56. The molecule has 6 heteroatoms. The van der Waals surface area contributed by atoms with E-state index in [2.05, 4.69) is 0 Å². The molecule has 1 aromatic carbocycles. The van der Waals surface area contributed by atoms with Crippen molar-refractivity contribution in [3.8, 4) is 5.75 Å². The Bertz CT molecular complexity index is 471. The van der Waals surface area contributed by atoms with Gasteiger partial charge in [0.1, 0.15) is 11.3 Å². The maximum absolute atomic E-state index is 11.2. The van der Waals surface area contributed by atoms with Gasteiger partial charge in [0.15, 0.2) is 6.10 Å². The average Bonchev–Trinajstić information content (AvgIpc) is 2.67. The van der Waals surface area contributed by atoms with Gasteiger partial charge >= 0.3 is 11.9 Å². The number of hydrogen-bond donors (Lipinski definition) is 1. The molecule has 0 spiro atoms. The van der Waals surface area contributed by atoms with Gasteiger partial charge in [-0.2, -0.15) is 0 Å². The Kier molecular flexibility index (Phi) is 3.19. The third-order valence-electron chi connectivity index (χ3n) is 2.33. The fraction of sp³-hybridized carbons (Fsp3) is 0.273. The second kappa shape index (κ2) is 4.63. The van der Waals surface area contributed by atoms with Crippen LogP contribution in [0.15, 0.2) is 18.2 Å². The third kappa shape index (κ3) is 2.50. The number of hydrogen-bond acceptors (Lipinski definition) is 4. The quantitative estimate of drug-likeness (QED) is 0.834. The summed E-state index contributed by atoms with van der Waals surface area (Å²) in [5, 5.41) is 9.27. The Balaban J connectivity index is 2.25. The van der Waals surface area contributed by atoms with Crippen molar-refractivity contribution in [2.75, 3.05) is 6.61 Å². The molecule has 1 aliphatic heterocycles. The van der Waals surface area contributed by atoms with Gasteiger partial charge in [0.05, 0.1) is 6.61 Å². The van der Waals surface area contributed by atoms with E-state index in [0.29, 0.717) is 18.1 Å². The van der Waals surface area contributed by atoms with Crippen LogP contribution in [0, 0.1) is 0 Å². The van der Waals surface area contributed by atoms with Crippen LogP contribution in [-0.4, -0.2) is 29.8 Å². The molecule has 1 saturated heterocycles. The van der Waals surface area contributed by atoms with Crippen molar-refractivity contribution in [2.45, 2.75) is 12.5 Å². The van der Waals surface area contributed by atoms with Crippen molar-refractivity contribution in [3.63, 3.8) is 0 Å². The van der Waals surface area contributed by atoms with Gasteiger partial charge in [-0.25, -0.2) is 9.59 Å². The van der Waals surface area contributed by atoms with Gasteiger partial charge in [0.2, 0.25) is 0 Å². The van der Waals surface area contributed by atoms with E-state index < -0.39 is 18.0 Å². The fourth-order valence-corrected chi connectivity index (χ4v) is 1.68. The van der Waals surface area contributed by atoms with Gasteiger partial charge in [-0.1, -0.05) is 11.6 Å². The van der Waals surface area contributed by atoms with Gasteiger partial charge in [0.25, 0.3) is 0 Å². The zero-order valence-corrected chi connectivity index (χ0v) is 9.44.